The zero-order chi connectivity index (χ0) is 18.7. The van der Waals surface area contributed by atoms with Crippen LogP contribution in [0.3, 0.4) is 0 Å². The smallest absolute Gasteiger partial charge is 0.204 e. The summed E-state index contributed by atoms with van der Waals surface area (Å²) in [7, 11) is -3.34. The summed E-state index contributed by atoms with van der Waals surface area (Å²) in [5, 5.41) is 6.89. The summed E-state index contributed by atoms with van der Waals surface area (Å²) in [5.41, 5.74) is 1.84. The van der Waals surface area contributed by atoms with E-state index in [4.69, 9.17) is 4.98 Å². The fourth-order valence-corrected chi connectivity index (χ4v) is 4.75. The molecule has 0 radical (unpaired) electrons. The molecule has 1 saturated heterocycles. The van der Waals surface area contributed by atoms with Gasteiger partial charge in [-0.2, -0.15) is 0 Å². The average molecular weight is 385 g/mol. The highest BCUT2D eigenvalue weighted by Crippen LogP contribution is 2.22. The second kappa shape index (κ2) is 7.70. The summed E-state index contributed by atoms with van der Waals surface area (Å²) in [4.78, 5) is 5.08. The van der Waals surface area contributed by atoms with Crippen molar-refractivity contribution in [3.8, 4) is 0 Å². The van der Waals surface area contributed by atoms with Crippen molar-refractivity contribution in [2.24, 2.45) is 0 Å². The molecule has 0 spiro atoms. The first-order chi connectivity index (χ1) is 13.1. The first kappa shape index (κ1) is 18.0. The molecule has 6 nitrogen and oxygen atoms in total. The first-order valence-electron chi connectivity index (χ1n) is 9.34. The third-order valence-corrected chi connectivity index (χ3v) is 6.72. The van der Waals surface area contributed by atoms with Crippen molar-refractivity contribution in [2.75, 3.05) is 24.2 Å². The van der Waals surface area contributed by atoms with Gasteiger partial charge in [0, 0.05) is 12.6 Å². The molecule has 0 atom stereocenters. The van der Waals surface area contributed by atoms with Crippen LogP contribution in [0.25, 0.3) is 11.0 Å². The molecule has 0 saturated carbocycles. The Bertz CT molecular complexity index is 1010. The number of fused-ring (bicyclic) bond motifs is 1. The maximum absolute atomic E-state index is 12.7. The highest BCUT2D eigenvalue weighted by Gasteiger charge is 2.20. The Morgan fingerprint density at radius 3 is 2.52 bits per heavy atom. The zero-order valence-electron chi connectivity index (χ0n) is 15.1. The number of aromatic nitrogens is 2. The van der Waals surface area contributed by atoms with Gasteiger partial charge in [0.25, 0.3) is 0 Å². The summed E-state index contributed by atoms with van der Waals surface area (Å²) >= 11 is 0. The monoisotopic (exact) mass is 384 g/mol. The molecule has 0 amide bonds. The summed E-state index contributed by atoms with van der Waals surface area (Å²) < 4.78 is 27.4. The van der Waals surface area contributed by atoms with Crippen LogP contribution in [0.2, 0.25) is 0 Å². The van der Waals surface area contributed by atoms with E-state index in [1.807, 2.05) is 34.9 Å². The summed E-state index contributed by atoms with van der Waals surface area (Å²) in [5.74, 6) is 0.796. The van der Waals surface area contributed by atoms with Crippen LogP contribution in [0, 0.1) is 0 Å². The Balaban J connectivity index is 1.60. The van der Waals surface area contributed by atoms with E-state index in [1.54, 1.807) is 24.3 Å². The minimum absolute atomic E-state index is 0.0400. The molecule has 3 aromatic rings. The van der Waals surface area contributed by atoms with E-state index in [0.717, 1.165) is 42.9 Å². The van der Waals surface area contributed by atoms with E-state index in [-0.39, 0.29) is 5.75 Å². The lowest BCUT2D eigenvalue weighted by Crippen LogP contribution is -2.36. The molecule has 142 valence electrons. The number of hydrogen-bond donors (Lipinski definition) is 2. The second-order valence-electron chi connectivity index (χ2n) is 6.88. The quantitative estimate of drug-likeness (QED) is 0.683. The number of para-hydroxylation sites is 2. The number of imidazole rings is 1. The number of nitrogens with one attached hydrogen (secondary N) is 2. The maximum atomic E-state index is 12.7. The summed E-state index contributed by atoms with van der Waals surface area (Å²) in [6.07, 6.45) is 2.07. The van der Waals surface area contributed by atoms with E-state index < -0.39 is 9.84 Å². The fraction of sp³-hybridized carbons (Fsp3) is 0.350. The molecular weight excluding hydrogens is 360 g/mol. The molecule has 0 bridgehead atoms. The van der Waals surface area contributed by atoms with Crippen LogP contribution in [-0.2, 0) is 16.4 Å². The van der Waals surface area contributed by atoms with E-state index in [0.29, 0.717) is 17.5 Å². The molecule has 7 heteroatoms. The molecule has 0 aliphatic carbocycles. The van der Waals surface area contributed by atoms with E-state index in [2.05, 4.69) is 10.6 Å². The molecule has 1 fully saturated rings. The second-order valence-corrected chi connectivity index (χ2v) is 8.99. The number of sulfone groups is 1. The van der Waals surface area contributed by atoms with Crippen molar-refractivity contribution < 1.29 is 8.42 Å². The Labute approximate surface area is 159 Å². The van der Waals surface area contributed by atoms with Crippen molar-refractivity contribution in [3.63, 3.8) is 0 Å². The number of piperidine rings is 1. The van der Waals surface area contributed by atoms with E-state index in [1.165, 1.54) is 0 Å². The molecule has 1 aliphatic rings. The van der Waals surface area contributed by atoms with Crippen LogP contribution in [0.1, 0.15) is 12.8 Å². The predicted octanol–water partition coefficient (Wildman–Crippen LogP) is 2.67. The zero-order valence-corrected chi connectivity index (χ0v) is 16.0. The number of hydrogen-bond acceptors (Lipinski definition) is 5. The van der Waals surface area contributed by atoms with Gasteiger partial charge >= 0.3 is 0 Å². The largest absolute Gasteiger partial charge is 0.353 e. The molecule has 1 aliphatic heterocycles. The third kappa shape index (κ3) is 3.99. The minimum Gasteiger partial charge on any atom is -0.353 e. The molecule has 2 N–H and O–H groups in total. The van der Waals surface area contributed by atoms with Gasteiger partial charge in [-0.3, -0.25) is 0 Å². The Hall–Kier alpha value is -2.38. The van der Waals surface area contributed by atoms with Gasteiger partial charge in [-0.05, 0) is 50.2 Å². The van der Waals surface area contributed by atoms with Crippen LogP contribution >= 0.6 is 0 Å². The van der Waals surface area contributed by atoms with Crippen molar-refractivity contribution >= 4 is 26.8 Å². The number of benzene rings is 2. The lowest BCUT2D eigenvalue weighted by molar-refractivity contribution is 0.475. The highest BCUT2D eigenvalue weighted by molar-refractivity contribution is 7.91. The van der Waals surface area contributed by atoms with Gasteiger partial charge in [0.05, 0.1) is 21.7 Å². The number of nitrogens with zero attached hydrogens (tertiary/aromatic N) is 2. The van der Waals surface area contributed by atoms with E-state index >= 15 is 0 Å². The van der Waals surface area contributed by atoms with Gasteiger partial charge in [-0.1, -0.05) is 30.3 Å². The lowest BCUT2D eigenvalue weighted by Gasteiger charge is -2.24. The topological polar surface area (TPSA) is 76.0 Å². The fourth-order valence-electron chi connectivity index (χ4n) is 3.52. The van der Waals surface area contributed by atoms with Gasteiger partial charge < -0.3 is 15.2 Å². The SMILES string of the molecule is O=S(=O)(CCn1c(NC2CCNCC2)nc2ccccc21)c1ccccc1. The Kier molecular flexibility index (Phi) is 5.13. The van der Waals surface area contributed by atoms with Crippen molar-refractivity contribution in [1.82, 2.24) is 14.9 Å². The van der Waals surface area contributed by atoms with Gasteiger partial charge in [-0.15, -0.1) is 0 Å². The molecule has 4 rings (SSSR count). The molecule has 2 aromatic carbocycles. The van der Waals surface area contributed by atoms with Crippen LogP contribution < -0.4 is 10.6 Å². The Morgan fingerprint density at radius 2 is 1.74 bits per heavy atom. The van der Waals surface area contributed by atoms with Crippen LogP contribution in [0.5, 0.6) is 0 Å². The third-order valence-electron chi connectivity index (χ3n) is 5.01. The van der Waals surface area contributed by atoms with Crippen molar-refractivity contribution in [1.29, 1.82) is 0 Å². The highest BCUT2D eigenvalue weighted by atomic mass is 32.2. The van der Waals surface area contributed by atoms with Crippen molar-refractivity contribution in [3.05, 3.63) is 54.6 Å². The molecule has 27 heavy (non-hydrogen) atoms. The van der Waals surface area contributed by atoms with Crippen LogP contribution in [-0.4, -0.2) is 42.9 Å². The number of aryl methyl sites for hydroxylation is 1. The van der Waals surface area contributed by atoms with Gasteiger partial charge in [-0.25, -0.2) is 13.4 Å². The molecule has 0 unspecified atom stereocenters. The normalized spacial score (nSPS) is 15.9. The number of rotatable bonds is 6. The summed E-state index contributed by atoms with van der Waals surface area (Å²) in [6, 6.07) is 16.8. The average Bonchev–Trinajstić information content (AvgIpc) is 3.05. The predicted molar refractivity (Wildman–Crippen MR) is 108 cm³/mol. The van der Waals surface area contributed by atoms with Gasteiger partial charge in [0.1, 0.15) is 0 Å². The van der Waals surface area contributed by atoms with Crippen LogP contribution in [0.4, 0.5) is 5.95 Å². The minimum atomic E-state index is -3.34. The summed E-state index contributed by atoms with van der Waals surface area (Å²) in [6.45, 7) is 2.34. The molecule has 2 heterocycles. The Morgan fingerprint density at radius 1 is 1.04 bits per heavy atom. The number of anilines is 1. The maximum Gasteiger partial charge on any atom is 0.204 e. The van der Waals surface area contributed by atoms with Crippen LogP contribution in [0.15, 0.2) is 59.5 Å². The molecule has 1 aromatic heterocycles. The lowest BCUT2D eigenvalue weighted by atomic mass is 10.1. The molecular formula is C20H24N4O2S. The van der Waals surface area contributed by atoms with Gasteiger partial charge in [0.2, 0.25) is 5.95 Å². The van der Waals surface area contributed by atoms with E-state index in [9.17, 15) is 8.42 Å². The van der Waals surface area contributed by atoms with Gasteiger partial charge in [0.15, 0.2) is 9.84 Å². The standard InChI is InChI=1S/C20H24N4O2S/c25-27(26,17-6-2-1-3-7-17)15-14-24-19-9-5-4-8-18(19)23-20(24)22-16-10-12-21-13-11-16/h1-9,16,21H,10-15H2,(H,22,23). The first-order valence-corrected chi connectivity index (χ1v) is 11.0. The van der Waals surface area contributed by atoms with Crippen molar-refractivity contribution in [2.45, 2.75) is 30.3 Å².